The monoisotopic (exact) mass is 849 g/mol. The van der Waals surface area contributed by atoms with E-state index in [1.54, 1.807) is 0 Å². The molecular formula is C64H39N3. The Morgan fingerprint density at radius 2 is 0.791 bits per heavy atom. The van der Waals surface area contributed by atoms with Crippen molar-refractivity contribution in [3.05, 3.63) is 237 Å². The van der Waals surface area contributed by atoms with Crippen LogP contribution in [0.5, 0.6) is 0 Å². The van der Waals surface area contributed by atoms with E-state index < -0.39 is 0 Å². The van der Waals surface area contributed by atoms with Gasteiger partial charge in [0.1, 0.15) is 0 Å². The third kappa shape index (κ3) is 5.06. The molecule has 0 saturated heterocycles. The van der Waals surface area contributed by atoms with Crippen molar-refractivity contribution in [2.45, 2.75) is 0 Å². The molecule has 0 unspecified atom stereocenters. The summed E-state index contributed by atoms with van der Waals surface area (Å²) in [6, 6.07) is 87.8. The van der Waals surface area contributed by atoms with E-state index in [0.717, 1.165) is 39.5 Å². The maximum absolute atomic E-state index is 2.55. The molecule has 0 N–H and O–H groups in total. The van der Waals surface area contributed by atoms with Crippen LogP contribution >= 0.6 is 0 Å². The number of nitrogens with zero attached hydrogens (tertiary/aromatic N) is 3. The predicted octanol–water partition coefficient (Wildman–Crippen LogP) is 17.7. The van der Waals surface area contributed by atoms with Crippen molar-refractivity contribution in [1.29, 1.82) is 0 Å². The first-order chi connectivity index (χ1) is 33.3. The van der Waals surface area contributed by atoms with Crippen molar-refractivity contribution in [1.82, 2.24) is 9.13 Å². The number of hydrogen-bond donors (Lipinski definition) is 0. The smallest absolute Gasteiger partial charge is 0.0782 e. The zero-order valence-electron chi connectivity index (χ0n) is 36.4. The molecule has 15 rings (SSSR count). The molecule has 15 aromatic rings. The van der Waals surface area contributed by atoms with E-state index in [2.05, 4.69) is 251 Å². The molecular weight excluding hydrogens is 811 g/mol. The molecule has 0 radical (unpaired) electrons. The molecule has 310 valence electrons. The lowest BCUT2D eigenvalue weighted by molar-refractivity contribution is 1.13. The predicted molar refractivity (Wildman–Crippen MR) is 286 cm³/mol. The topological polar surface area (TPSA) is 13.1 Å². The second-order valence-corrected chi connectivity index (χ2v) is 18.0. The summed E-state index contributed by atoms with van der Waals surface area (Å²) in [5, 5.41) is 20.0. The van der Waals surface area contributed by atoms with E-state index >= 15 is 0 Å². The number of fused-ring (bicyclic) bond motifs is 12. The quantitative estimate of drug-likeness (QED) is 0.157. The minimum atomic E-state index is 1.11. The Morgan fingerprint density at radius 3 is 1.54 bits per heavy atom. The highest BCUT2D eigenvalue weighted by atomic mass is 15.2. The van der Waals surface area contributed by atoms with Crippen LogP contribution in [-0.2, 0) is 0 Å². The van der Waals surface area contributed by atoms with Gasteiger partial charge in [-0.05, 0) is 120 Å². The van der Waals surface area contributed by atoms with Crippen molar-refractivity contribution in [3.63, 3.8) is 0 Å². The first kappa shape index (κ1) is 36.4. The molecule has 0 aliphatic heterocycles. The lowest BCUT2D eigenvalue weighted by Crippen LogP contribution is -2.11. The van der Waals surface area contributed by atoms with Crippen LogP contribution in [0.3, 0.4) is 0 Å². The molecule has 3 nitrogen and oxygen atoms in total. The molecule has 0 atom stereocenters. The van der Waals surface area contributed by atoms with E-state index in [4.69, 9.17) is 0 Å². The summed E-state index contributed by atoms with van der Waals surface area (Å²) < 4.78 is 4.96. The van der Waals surface area contributed by atoms with Gasteiger partial charge in [0.25, 0.3) is 0 Å². The normalized spacial score (nSPS) is 12.2. The van der Waals surface area contributed by atoms with Gasteiger partial charge in [-0.2, -0.15) is 0 Å². The van der Waals surface area contributed by atoms with Gasteiger partial charge in [-0.1, -0.05) is 176 Å². The molecule has 0 saturated carbocycles. The summed E-state index contributed by atoms with van der Waals surface area (Å²) in [5.41, 5.74) is 10.3. The van der Waals surface area contributed by atoms with Gasteiger partial charge in [-0.3, -0.25) is 0 Å². The average molecular weight is 850 g/mol. The van der Waals surface area contributed by atoms with Gasteiger partial charge in [-0.25, -0.2) is 0 Å². The number of para-hydroxylation sites is 4. The van der Waals surface area contributed by atoms with Crippen LogP contribution in [0, 0.1) is 0 Å². The standard InChI is InChI=1S/C64H39N3/c1-2-17-43(18-3-1)66-55-26-10-8-23-50(55)51-25-13-30-60(64(51)66)67-56-27-11-9-24-52(56)63-58(28-14-29-59(63)67)65(57-38-34-42-32-31-40-15-12-16-41-33-36-53(57)62(42)61(40)41)44-35-37-49-47-21-5-4-19-45(47)46-20-6-7-22-48(46)54(49)39-44/h1-39H. The maximum atomic E-state index is 2.55. The SMILES string of the molecule is c1ccc(-n2c3ccccc3c3cccc(-n4c5ccccc5c5c(N(c6ccc7c8ccccc8c8ccccc8c7c6)c6ccc7ccc8cccc9ccc6c7c89)cccc54)c32)cc1. The molecule has 2 heterocycles. The van der Waals surface area contributed by atoms with Crippen molar-refractivity contribution in [2.24, 2.45) is 0 Å². The Balaban J connectivity index is 1.08. The summed E-state index contributed by atoms with van der Waals surface area (Å²) >= 11 is 0. The maximum Gasteiger partial charge on any atom is 0.0782 e. The molecule has 3 heteroatoms. The molecule has 0 amide bonds. The third-order valence-electron chi connectivity index (χ3n) is 14.6. The third-order valence-corrected chi connectivity index (χ3v) is 14.6. The Morgan fingerprint density at radius 1 is 0.269 bits per heavy atom. The van der Waals surface area contributed by atoms with Crippen LogP contribution in [0.2, 0.25) is 0 Å². The van der Waals surface area contributed by atoms with Gasteiger partial charge >= 0.3 is 0 Å². The second-order valence-electron chi connectivity index (χ2n) is 18.0. The average Bonchev–Trinajstić information content (AvgIpc) is 3.92. The minimum Gasteiger partial charge on any atom is -0.309 e. The van der Waals surface area contributed by atoms with Gasteiger partial charge in [0, 0.05) is 38.3 Å². The Hall–Kier alpha value is -8.92. The van der Waals surface area contributed by atoms with Crippen molar-refractivity contribution in [3.8, 4) is 11.4 Å². The molecule has 0 aliphatic rings. The number of hydrogen-bond acceptors (Lipinski definition) is 1. The van der Waals surface area contributed by atoms with Gasteiger partial charge in [0.2, 0.25) is 0 Å². The molecule has 0 spiro atoms. The molecule has 0 bridgehead atoms. The van der Waals surface area contributed by atoms with Gasteiger partial charge < -0.3 is 14.0 Å². The number of benzene rings is 13. The van der Waals surface area contributed by atoms with E-state index in [9.17, 15) is 0 Å². The van der Waals surface area contributed by atoms with Crippen LogP contribution in [0.15, 0.2) is 237 Å². The molecule has 67 heavy (non-hydrogen) atoms. The zero-order valence-corrected chi connectivity index (χ0v) is 36.4. The van der Waals surface area contributed by atoms with E-state index in [0.29, 0.717) is 0 Å². The summed E-state index contributed by atoms with van der Waals surface area (Å²) in [6.45, 7) is 0. The molecule has 0 fully saturated rings. The van der Waals surface area contributed by atoms with Gasteiger partial charge in [-0.15, -0.1) is 0 Å². The van der Waals surface area contributed by atoms with E-state index in [1.165, 1.54) is 97.2 Å². The summed E-state index contributed by atoms with van der Waals surface area (Å²) in [5.74, 6) is 0. The fourth-order valence-corrected chi connectivity index (χ4v) is 11.8. The highest BCUT2D eigenvalue weighted by Gasteiger charge is 2.26. The van der Waals surface area contributed by atoms with Crippen LogP contribution in [0.25, 0.3) is 120 Å². The Kier molecular flexibility index (Phi) is 7.50. The van der Waals surface area contributed by atoms with Crippen LogP contribution in [0.4, 0.5) is 17.1 Å². The van der Waals surface area contributed by atoms with E-state index in [1.807, 2.05) is 0 Å². The van der Waals surface area contributed by atoms with Crippen LogP contribution < -0.4 is 4.90 Å². The molecule has 0 aliphatic carbocycles. The second kappa shape index (κ2) is 13.8. The zero-order chi connectivity index (χ0) is 43.7. The summed E-state index contributed by atoms with van der Waals surface area (Å²) in [6.07, 6.45) is 0. The molecule has 2 aromatic heterocycles. The fraction of sp³-hybridized carbons (Fsp3) is 0. The fourth-order valence-electron chi connectivity index (χ4n) is 11.8. The van der Waals surface area contributed by atoms with Crippen molar-refractivity contribution < 1.29 is 0 Å². The van der Waals surface area contributed by atoms with Gasteiger partial charge in [0.15, 0.2) is 0 Å². The largest absolute Gasteiger partial charge is 0.309 e. The number of anilines is 3. The summed E-state index contributed by atoms with van der Waals surface area (Å²) in [4.78, 5) is 2.55. The number of rotatable bonds is 5. The highest BCUT2D eigenvalue weighted by molar-refractivity contribution is 6.29. The lowest BCUT2D eigenvalue weighted by atomic mass is 9.92. The number of aromatic nitrogens is 2. The summed E-state index contributed by atoms with van der Waals surface area (Å²) in [7, 11) is 0. The molecule has 13 aromatic carbocycles. The van der Waals surface area contributed by atoms with Crippen LogP contribution in [0.1, 0.15) is 0 Å². The Labute approximate surface area is 385 Å². The highest BCUT2D eigenvalue weighted by Crippen LogP contribution is 2.50. The van der Waals surface area contributed by atoms with Gasteiger partial charge in [0.05, 0.1) is 39.1 Å². The van der Waals surface area contributed by atoms with E-state index in [-0.39, 0.29) is 0 Å². The first-order valence-electron chi connectivity index (χ1n) is 23.2. The van der Waals surface area contributed by atoms with Crippen LogP contribution in [-0.4, -0.2) is 9.13 Å². The first-order valence-corrected chi connectivity index (χ1v) is 23.2. The Bertz CT molecular complexity index is 4470. The lowest BCUT2D eigenvalue weighted by Gasteiger charge is -2.29. The van der Waals surface area contributed by atoms with Crippen molar-refractivity contribution in [2.75, 3.05) is 4.90 Å². The minimum absolute atomic E-state index is 1.11. The van der Waals surface area contributed by atoms with Crippen molar-refractivity contribution >= 4 is 125 Å².